The van der Waals surface area contributed by atoms with Gasteiger partial charge in [0.2, 0.25) is 0 Å². The molecule has 106 valence electrons. The Morgan fingerprint density at radius 2 is 2.10 bits per heavy atom. The Bertz CT molecular complexity index is 649. The van der Waals surface area contributed by atoms with Crippen molar-refractivity contribution in [2.45, 2.75) is 26.2 Å². The van der Waals surface area contributed by atoms with Gasteiger partial charge >= 0.3 is 5.97 Å². The maximum absolute atomic E-state index is 11.2. The van der Waals surface area contributed by atoms with E-state index in [1.54, 1.807) is 12.1 Å². The zero-order valence-corrected chi connectivity index (χ0v) is 13.6. The van der Waals surface area contributed by atoms with E-state index in [1.165, 1.54) is 6.07 Å². The predicted molar refractivity (Wildman–Crippen MR) is 79.8 cm³/mol. The molecular formula is C13H13BrN2O3S. The second kappa shape index (κ2) is 5.49. The van der Waals surface area contributed by atoms with E-state index in [1.807, 2.05) is 20.8 Å². The van der Waals surface area contributed by atoms with E-state index >= 15 is 0 Å². The lowest BCUT2D eigenvalue weighted by Gasteiger charge is -2.12. The Hall–Kier alpha value is -1.47. The summed E-state index contributed by atoms with van der Waals surface area (Å²) in [6.07, 6.45) is 0. The first-order valence-electron chi connectivity index (χ1n) is 5.82. The summed E-state index contributed by atoms with van der Waals surface area (Å²) in [6.45, 7) is 6.00. The van der Waals surface area contributed by atoms with Gasteiger partial charge in [0.1, 0.15) is 11.3 Å². The summed E-state index contributed by atoms with van der Waals surface area (Å²) in [4.78, 5) is 15.4. The van der Waals surface area contributed by atoms with Crippen LogP contribution < -0.4 is 4.74 Å². The van der Waals surface area contributed by atoms with Gasteiger partial charge in [0, 0.05) is 21.4 Å². The topological polar surface area (TPSA) is 72.3 Å². The summed E-state index contributed by atoms with van der Waals surface area (Å²) in [5, 5.41) is 9.47. The molecule has 0 aliphatic carbocycles. The molecule has 0 bridgehead atoms. The van der Waals surface area contributed by atoms with Crippen LogP contribution in [0.3, 0.4) is 0 Å². The van der Waals surface area contributed by atoms with Gasteiger partial charge in [0.05, 0.1) is 0 Å². The number of nitrogens with zero attached hydrogens (tertiary/aromatic N) is 2. The highest BCUT2D eigenvalue weighted by atomic mass is 79.9. The summed E-state index contributed by atoms with van der Waals surface area (Å²) >= 11 is 4.40. The molecule has 0 radical (unpaired) electrons. The molecule has 2 aromatic rings. The minimum atomic E-state index is -1.05. The Labute approximate surface area is 128 Å². The Morgan fingerprint density at radius 1 is 1.40 bits per heavy atom. The fourth-order valence-corrected chi connectivity index (χ4v) is 2.48. The van der Waals surface area contributed by atoms with Gasteiger partial charge in [-0.05, 0) is 18.2 Å². The summed E-state index contributed by atoms with van der Waals surface area (Å²) < 4.78 is 10.5. The first-order valence-corrected chi connectivity index (χ1v) is 7.39. The normalized spacial score (nSPS) is 11.4. The number of carboxylic acids is 1. The molecule has 2 rings (SSSR count). The lowest BCUT2D eigenvalue weighted by Crippen LogP contribution is -2.13. The molecule has 1 aromatic carbocycles. The van der Waals surface area contributed by atoms with Gasteiger partial charge in [-0.1, -0.05) is 36.7 Å². The molecule has 1 N–H and O–H groups in total. The van der Waals surface area contributed by atoms with Crippen molar-refractivity contribution < 1.29 is 14.6 Å². The van der Waals surface area contributed by atoms with Crippen molar-refractivity contribution in [3.8, 4) is 10.9 Å². The number of hydrogen-bond donors (Lipinski definition) is 1. The van der Waals surface area contributed by atoms with Crippen LogP contribution >= 0.6 is 27.5 Å². The van der Waals surface area contributed by atoms with E-state index in [0.29, 0.717) is 11.0 Å². The van der Waals surface area contributed by atoms with E-state index in [4.69, 9.17) is 9.84 Å². The smallest absolute Gasteiger partial charge is 0.339 e. The highest BCUT2D eigenvalue weighted by Crippen LogP contribution is 2.31. The van der Waals surface area contributed by atoms with E-state index < -0.39 is 5.97 Å². The molecule has 20 heavy (non-hydrogen) atoms. The van der Waals surface area contributed by atoms with Crippen LogP contribution in [-0.4, -0.2) is 20.4 Å². The Morgan fingerprint density at radius 3 is 2.65 bits per heavy atom. The fraction of sp³-hybridized carbons (Fsp3) is 0.308. The number of carboxylic acid groups (broad SMARTS) is 1. The molecule has 0 atom stereocenters. The lowest BCUT2D eigenvalue weighted by atomic mass is 9.96. The third-order valence-electron chi connectivity index (χ3n) is 2.45. The zero-order chi connectivity index (χ0) is 14.9. The lowest BCUT2D eigenvalue weighted by molar-refractivity contribution is 0.0694. The molecular weight excluding hydrogens is 344 g/mol. The van der Waals surface area contributed by atoms with Crippen LogP contribution in [0.25, 0.3) is 0 Å². The minimum absolute atomic E-state index is 0.0840. The van der Waals surface area contributed by atoms with Crippen molar-refractivity contribution in [1.82, 2.24) is 9.36 Å². The third-order valence-corrected chi connectivity index (χ3v) is 3.54. The van der Waals surface area contributed by atoms with Gasteiger partial charge in [-0.3, -0.25) is 0 Å². The molecule has 0 spiro atoms. The molecule has 0 aliphatic rings. The largest absolute Gasteiger partial charge is 0.478 e. The van der Waals surface area contributed by atoms with Crippen LogP contribution in [0.5, 0.6) is 10.9 Å². The number of ether oxygens (including phenoxy) is 1. The second-order valence-corrected chi connectivity index (χ2v) is 6.81. The number of benzene rings is 1. The number of halogens is 1. The van der Waals surface area contributed by atoms with Crippen molar-refractivity contribution >= 4 is 33.4 Å². The van der Waals surface area contributed by atoms with Gasteiger partial charge in [-0.25, -0.2) is 4.79 Å². The van der Waals surface area contributed by atoms with Crippen molar-refractivity contribution in [3.63, 3.8) is 0 Å². The average Bonchev–Trinajstić information content (AvgIpc) is 2.76. The van der Waals surface area contributed by atoms with Crippen LogP contribution in [0.15, 0.2) is 22.7 Å². The van der Waals surface area contributed by atoms with Gasteiger partial charge in [0.15, 0.2) is 5.82 Å². The minimum Gasteiger partial charge on any atom is -0.478 e. The number of hydrogen-bond acceptors (Lipinski definition) is 5. The standard InChI is InChI=1S/C13H13BrN2O3S/c1-13(2,3)11-15-12(20-16-11)19-9-6-7(14)4-5-8(9)10(17)18/h4-6H,1-3H3,(H,17,18). The third kappa shape index (κ3) is 3.34. The van der Waals surface area contributed by atoms with E-state index in [-0.39, 0.29) is 16.7 Å². The van der Waals surface area contributed by atoms with Crippen LogP contribution in [-0.2, 0) is 5.41 Å². The summed E-state index contributed by atoms with van der Waals surface area (Å²) in [6, 6.07) is 4.73. The first-order chi connectivity index (χ1) is 9.27. The molecule has 7 heteroatoms. The number of carbonyl (C=O) groups is 1. The number of rotatable bonds is 3. The zero-order valence-electron chi connectivity index (χ0n) is 11.2. The monoisotopic (exact) mass is 356 g/mol. The molecule has 0 saturated heterocycles. The quantitative estimate of drug-likeness (QED) is 0.896. The second-order valence-electron chi connectivity index (χ2n) is 5.18. The highest BCUT2D eigenvalue weighted by Gasteiger charge is 2.21. The summed E-state index contributed by atoms with van der Waals surface area (Å²) in [5.41, 5.74) is -0.0916. The van der Waals surface area contributed by atoms with Crippen LogP contribution in [0, 0.1) is 0 Å². The van der Waals surface area contributed by atoms with Crippen molar-refractivity contribution in [2.75, 3.05) is 0 Å². The molecule has 1 heterocycles. The van der Waals surface area contributed by atoms with Crippen LogP contribution in [0.4, 0.5) is 0 Å². The SMILES string of the molecule is CC(C)(C)c1nsc(Oc2cc(Br)ccc2C(=O)O)n1. The maximum Gasteiger partial charge on any atom is 0.339 e. The predicted octanol–water partition coefficient (Wildman–Crippen LogP) is 4.09. The average molecular weight is 357 g/mol. The number of aromatic carboxylic acids is 1. The van der Waals surface area contributed by atoms with E-state index in [2.05, 4.69) is 25.3 Å². The molecule has 0 fully saturated rings. The van der Waals surface area contributed by atoms with Gasteiger partial charge in [-0.15, -0.1) is 0 Å². The van der Waals surface area contributed by atoms with Gasteiger partial charge < -0.3 is 9.84 Å². The molecule has 0 aliphatic heterocycles. The molecule has 0 saturated carbocycles. The fourth-order valence-electron chi connectivity index (χ4n) is 1.41. The summed E-state index contributed by atoms with van der Waals surface area (Å²) in [7, 11) is 0. The highest BCUT2D eigenvalue weighted by molar-refractivity contribution is 9.10. The number of aromatic nitrogens is 2. The molecule has 1 aromatic heterocycles. The van der Waals surface area contributed by atoms with Crippen molar-refractivity contribution in [2.24, 2.45) is 0 Å². The van der Waals surface area contributed by atoms with Crippen LogP contribution in [0.1, 0.15) is 37.0 Å². The molecule has 0 unspecified atom stereocenters. The summed E-state index contributed by atoms with van der Waals surface area (Å²) in [5.74, 6) is -0.138. The molecule has 5 nitrogen and oxygen atoms in total. The van der Waals surface area contributed by atoms with E-state index in [9.17, 15) is 4.79 Å². The Kier molecular flexibility index (Phi) is 4.10. The Balaban J connectivity index is 2.32. The van der Waals surface area contributed by atoms with Gasteiger partial charge in [0.25, 0.3) is 5.19 Å². The van der Waals surface area contributed by atoms with E-state index in [0.717, 1.165) is 16.0 Å². The van der Waals surface area contributed by atoms with Crippen LogP contribution in [0.2, 0.25) is 0 Å². The first kappa shape index (κ1) is 14.9. The van der Waals surface area contributed by atoms with Crippen molar-refractivity contribution in [1.29, 1.82) is 0 Å². The van der Waals surface area contributed by atoms with Crippen molar-refractivity contribution in [3.05, 3.63) is 34.1 Å². The van der Waals surface area contributed by atoms with Gasteiger partial charge in [-0.2, -0.15) is 9.36 Å². The molecule has 0 amide bonds. The maximum atomic E-state index is 11.2.